The van der Waals surface area contributed by atoms with E-state index in [1.165, 1.54) is 0 Å². The summed E-state index contributed by atoms with van der Waals surface area (Å²) in [4.78, 5) is 23.4. The van der Waals surface area contributed by atoms with Crippen LogP contribution >= 0.6 is 15.9 Å². The maximum Gasteiger partial charge on any atom is 0.319 e. The van der Waals surface area contributed by atoms with Gasteiger partial charge in [-0.15, -0.1) is 0 Å². The fraction of sp³-hybridized carbons (Fsp3) is 0.583. The number of urea groups is 1. The maximum atomic E-state index is 11.8. The van der Waals surface area contributed by atoms with Crippen molar-refractivity contribution in [3.63, 3.8) is 0 Å². The van der Waals surface area contributed by atoms with Crippen LogP contribution in [-0.2, 0) is 0 Å². The molecule has 0 N–H and O–H groups in total. The summed E-state index contributed by atoms with van der Waals surface area (Å²) in [6, 6.07) is 0.443. The third-order valence-corrected chi connectivity index (χ3v) is 3.37. The summed E-state index contributed by atoms with van der Waals surface area (Å²) in [6.45, 7) is 1.41. The van der Waals surface area contributed by atoms with Gasteiger partial charge in [-0.1, -0.05) is 0 Å². The Labute approximate surface area is 120 Å². The van der Waals surface area contributed by atoms with Gasteiger partial charge in [0.1, 0.15) is 6.10 Å². The molecule has 2 rings (SSSR count). The summed E-state index contributed by atoms with van der Waals surface area (Å²) in [5, 5.41) is 0. The summed E-state index contributed by atoms with van der Waals surface area (Å²) < 4.78 is 6.53. The first-order valence-corrected chi connectivity index (χ1v) is 6.96. The zero-order chi connectivity index (χ0) is 13.8. The summed E-state index contributed by atoms with van der Waals surface area (Å²) >= 11 is 3.28. The quantitative estimate of drug-likeness (QED) is 0.830. The molecule has 0 spiro atoms. The highest BCUT2D eigenvalue weighted by molar-refractivity contribution is 9.10. The lowest BCUT2D eigenvalue weighted by molar-refractivity contribution is 0.0948. The summed E-state index contributed by atoms with van der Waals surface area (Å²) in [5.74, 6) is 0. The fourth-order valence-electron chi connectivity index (χ4n) is 1.96. The van der Waals surface area contributed by atoms with Crippen LogP contribution in [-0.4, -0.2) is 59.1 Å². The van der Waals surface area contributed by atoms with E-state index in [4.69, 9.17) is 4.74 Å². The van der Waals surface area contributed by atoms with E-state index in [0.717, 1.165) is 17.3 Å². The first kappa shape index (κ1) is 14.0. The molecule has 104 valence electrons. The molecule has 1 aliphatic rings. The molecule has 2 heterocycles. The van der Waals surface area contributed by atoms with Gasteiger partial charge in [-0.05, 0) is 15.9 Å². The van der Waals surface area contributed by atoms with Crippen LogP contribution in [0.4, 0.5) is 4.79 Å². The van der Waals surface area contributed by atoms with Gasteiger partial charge in [-0.2, -0.15) is 0 Å². The lowest BCUT2D eigenvalue weighted by atomic mass is 10.1. The first-order chi connectivity index (χ1) is 9.06. The number of nitrogens with zero attached hydrogens (tertiary/aromatic N) is 4. The lowest BCUT2D eigenvalue weighted by Gasteiger charge is -2.33. The second kappa shape index (κ2) is 6.18. The topological polar surface area (TPSA) is 58.6 Å². The molecule has 7 heteroatoms. The molecule has 2 amide bonds. The monoisotopic (exact) mass is 328 g/mol. The van der Waals surface area contributed by atoms with Crippen LogP contribution in [0.15, 0.2) is 16.9 Å². The molecule has 0 unspecified atom stereocenters. The Morgan fingerprint density at radius 3 is 2.47 bits per heavy atom. The molecule has 19 heavy (non-hydrogen) atoms. The number of rotatable bonds is 2. The molecule has 1 fully saturated rings. The van der Waals surface area contributed by atoms with E-state index in [-0.39, 0.29) is 12.1 Å². The Hall–Kier alpha value is -1.37. The number of halogens is 1. The Morgan fingerprint density at radius 1 is 1.37 bits per heavy atom. The standard InChI is InChI=1S/C12H17BrN4O2/c1-16(2)12(18)17-5-3-10(4-6-17)19-11-14-7-9(13)8-15-11/h7-8,10H,3-6H2,1-2H3. The van der Waals surface area contributed by atoms with E-state index in [0.29, 0.717) is 19.1 Å². The van der Waals surface area contributed by atoms with Crippen molar-refractivity contribution < 1.29 is 9.53 Å². The average Bonchev–Trinajstić information content (AvgIpc) is 2.41. The molecule has 1 aliphatic heterocycles. The number of aromatic nitrogens is 2. The lowest BCUT2D eigenvalue weighted by Crippen LogP contribution is -2.46. The third-order valence-electron chi connectivity index (χ3n) is 2.96. The Morgan fingerprint density at radius 2 is 1.95 bits per heavy atom. The van der Waals surface area contributed by atoms with Gasteiger partial charge in [0.2, 0.25) is 0 Å². The molecule has 0 aromatic carbocycles. The number of ether oxygens (including phenoxy) is 1. The number of piperidine rings is 1. The van der Waals surface area contributed by atoms with Gasteiger partial charge >= 0.3 is 12.0 Å². The Kier molecular flexibility index (Phi) is 4.57. The second-order valence-corrected chi connectivity index (χ2v) is 5.58. The molecule has 1 saturated heterocycles. The third kappa shape index (κ3) is 3.79. The number of hydrogen-bond acceptors (Lipinski definition) is 4. The Balaban J connectivity index is 1.83. The van der Waals surface area contributed by atoms with E-state index in [1.54, 1.807) is 31.4 Å². The van der Waals surface area contributed by atoms with Gasteiger partial charge < -0.3 is 14.5 Å². The van der Waals surface area contributed by atoms with Gasteiger partial charge in [0.25, 0.3) is 0 Å². The van der Waals surface area contributed by atoms with Gasteiger partial charge in [0.05, 0.1) is 4.47 Å². The summed E-state index contributed by atoms with van der Waals surface area (Å²) in [5.41, 5.74) is 0. The minimum Gasteiger partial charge on any atom is -0.460 e. The number of carbonyl (C=O) groups excluding carboxylic acids is 1. The van der Waals surface area contributed by atoms with Crippen LogP contribution in [0.1, 0.15) is 12.8 Å². The van der Waals surface area contributed by atoms with Crippen molar-refractivity contribution in [3.8, 4) is 6.01 Å². The second-order valence-electron chi connectivity index (χ2n) is 4.67. The van der Waals surface area contributed by atoms with Crippen molar-refractivity contribution >= 4 is 22.0 Å². The van der Waals surface area contributed by atoms with E-state index in [1.807, 2.05) is 4.90 Å². The van der Waals surface area contributed by atoms with Crippen molar-refractivity contribution in [1.82, 2.24) is 19.8 Å². The van der Waals surface area contributed by atoms with Crippen LogP contribution < -0.4 is 4.74 Å². The van der Waals surface area contributed by atoms with Crippen LogP contribution in [0.2, 0.25) is 0 Å². The molecule has 0 atom stereocenters. The number of hydrogen-bond donors (Lipinski definition) is 0. The van der Waals surface area contributed by atoms with E-state index in [9.17, 15) is 4.79 Å². The highest BCUT2D eigenvalue weighted by Gasteiger charge is 2.25. The van der Waals surface area contributed by atoms with Crippen LogP contribution in [0.25, 0.3) is 0 Å². The summed E-state index contributed by atoms with van der Waals surface area (Å²) in [6.07, 6.45) is 5.00. The van der Waals surface area contributed by atoms with Crippen molar-refractivity contribution in [2.24, 2.45) is 0 Å². The van der Waals surface area contributed by atoms with Gasteiger partial charge in [0, 0.05) is 52.4 Å². The highest BCUT2D eigenvalue weighted by atomic mass is 79.9. The van der Waals surface area contributed by atoms with Gasteiger partial charge in [-0.25, -0.2) is 14.8 Å². The average molecular weight is 329 g/mol. The van der Waals surface area contributed by atoms with E-state index < -0.39 is 0 Å². The minimum atomic E-state index is 0.0540. The van der Waals surface area contributed by atoms with E-state index >= 15 is 0 Å². The normalized spacial score (nSPS) is 16.3. The van der Waals surface area contributed by atoms with Crippen LogP contribution in [0.5, 0.6) is 6.01 Å². The predicted octanol–water partition coefficient (Wildman–Crippen LogP) is 1.76. The molecule has 0 saturated carbocycles. The molecular formula is C12H17BrN4O2. The minimum absolute atomic E-state index is 0.0540. The molecular weight excluding hydrogens is 312 g/mol. The van der Waals surface area contributed by atoms with E-state index in [2.05, 4.69) is 25.9 Å². The van der Waals surface area contributed by atoms with Crippen molar-refractivity contribution in [2.75, 3.05) is 27.2 Å². The zero-order valence-corrected chi connectivity index (χ0v) is 12.6. The smallest absolute Gasteiger partial charge is 0.319 e. The predicted molar refractivity (Wildman–Crippen MR) is 74.0 cm³/mol. The molecule has 0 bridgehead atoms. The van der Waals surface area contributed by atoms with Gasteiger partial charge in [-0.3, -0.25) is 0 Å². The number of likely N-dealkylation sites (tertiary alicyclic amines) is 1. The van der Waals surface area contributed by atoms with Crippen LogP contribution in [0, 0.1) is 0 Å². The fourth-order valence-corrected chi connectivity index (χ4v) is 2.16. The largest absolute Gasteiger partial charge is 0.460 e. The first-order valence-electron chi connectivity index (χ1n) is 6.16. The van der Waals surface area contributed by atoms with Crippen molar-refractivity contribution in [2.45, 2.75) is 18.9 Å². The highest BCUT2D eigenvalue weighted by Crippen LogP contribution is 2.17. The van der Waals surface area contributed by atoms with Crippen molar-refractivity contribution in [1.29, 1.82) is 0 Å². The molecule has 0 radical (unpaired) electrons. The van der Waals surface area contributed by atoms with Crippen LogP contribution in [0.3, 0.4) is 0 Å². The number of amides is 2. The molecule has 1 aromatic rings. The number of carbonyl (C=O) groups is 1. The van der Waals surface area contributed by atoms with Gasteiger partial charge in [0.15, 0.2) is 0 Å². The molecule has 0 aliphatic carbocycles. The molecule has 6 nitrogen and oxygen atoms in total. The summed E-state index contributed by atoms with van der Waals surface area (Å²) in [7, 11) is 3.53. The zero-order valence-electron chi connectivity index (χ0n) is 11.0. The van der Waals surface area contributed by atoms with Crippen molar-refractivity contribution in [3.05, 3.63) is 16.9 Å². The Bertz CT molecular complexity index is 430. The maximum absolute atomic E-state index is 11.8. The molecule has 1 aromatic heterocycles. The SMILES string of the molecule is CN(C)C(=O)N1CCC(Oc2ncc(Br)cn2)CC1.